The lowest BCUT2D eigenvalue weighted by Crippen LogP contribution is -2.42. The number of likely N-dealkylation sites (tertiary alicyclic amines) is 1. The minimum Gasteiger partial charge on any atom is -0.502 e. The second-order valence-corrected chi connectivity index (χ2v) is 5.30. The summed E-state index contributed by atoms with van der Waals surface area (Å²) in [5.74, 6) is -0.913. The van der Waals surface area contributed by atoms with Crippen molar-refractivity contribution >= 4 is 11.6 Å². The zero-order valence-corrected chi connectivity index (χ0v) is 10.9. The number of nitro groups is 1. The molecule has 2 rings (SSSR count). The number of hydrogen-bond acceptors (Lipinski definition) is 4. The van der Waals surface area contributed by atoms with E-state index in [1.54, 1.807) is 4.90 Å². The summed E-state index contributed by atoms with van der Waals surface area (Å²) in [5.41, 5.74) is -0.735. The Hall–Kier alpha value is -2.11. The van der Waals surface area contributed by atoms with Gasteiger partial charge in [0.2, 0.25) is 5.75 Å². The summed E-state index contributed by atoms with van der Waals surface area (Å²) < 4.78 is 0. The number of aromatic hydroxyl groups is 1. The predicted octanol–water partition coefficient (Wildman–Crippen LogP) is 2.32. The summed E-state index contributed by atoms with van der Waals surface area (Å²) in [4.78, 5) is 24.1. The highest BCUT2D eigenvalue weighted by atomic mass is 16.6. The second-order valence-electron chi connectivity index (χ2n) is 5.30. The number of carbonyl (C=O) groups excluding carboxylic acids is 1. The summed E-state index contributed by atoms with van der Waals surface area (Å²) in [5, 5.41) is 20.6. The fourth-order valence-corrected chi connectivity index (χ4v) is 2.48. The van der Waals surface area contributed by atoms with E-state index in [9.17, 15) is 20.0 Å². The van der Waals surface area contributed by atoms with Crippen LogP contribution in [-0.4, -0.2) is 32.9 Å². The lowest BCUT2D eigenvalue weighted by molar-refractivity contribution is -0.385. The van der Waals surface area contributed by atoms with E-state index in [4.69, 9.17) is 0 Å². The Kier molecular flexibility index (Phi) is 3.18. The first-order valence-electron chi connectivity index (χ1n) is 6.13. The Bertz CT molecular complexity index is 539. The van der Waals surface area contributed by atoms with Gasteiger partial charge in [0.05, 0.1) is 10.5 Å². The van der Waals surface area contributed by atoms with Gasteiger partial charge in [-0.05, 0) is 32.8 Å². The molecule has 102 valence electrons. The molecule has 0 saturated carbocycles. The lowest BCUT2D eigenvalue weighted by atomic mass is 10.0. The van der Waals surface area contributed by atoms with Crippen molar-refractivity contribution in [1.29, 1.82) is 0 Å². The molecule has 0 aromatic heterocycles. The SMILES string of the molecule is CC1(C)CCCN1C(=O)c1cccc([N+](=O)[O-])c1O. The fraction of sp³-hybridized carbons (Fsp3) is 0.462. The van der Waals surface area contributed by atoms with E-state index in [1.807, 2.05) is 13.8 Å². The molecule has 1 fully saturated rings. The van der Waals surface area contributed by atoms with Crippen molar-refractivity contribution in [3.8, 4) is 5.75 Å². The second kappa shape index (κ2) is 4.53. The van der Waals surface area contributed by atoms with Crippen molar-refractivity contribution in [1.82, 2.24) is 4.90 Å². The van der Waals surface area contributed by atoms with Gasteiger partial charge < -0.3 is 10.0 Å². The molecule has 1 aliphatic heterocycles. The maximum absolute atomic E-state index is 12.4. The van der Waals surface area contributed by atoms with Gasteiger partial charge in [0.15, 0.2) is 0 Å². The van der Waals surface area contributed by atoms with Crippen molar-refractivity contribution in [2.24, 2.45) is 0 Å². The molecular formula is C13H16N2O4. The zero-order chi connectivity index (χ0) is 14.2. The summed E-state index contributed by atoms with van der Waals surface area (Å²) in [7, 11) is 0. The van der Waals surface area contributed by atoms with Gasteiger partial charge in [-0.1, -0.05) is 6.07 Å². The van der Waals surface area contributed by atoms with E-state index >= 15 is 0 Å². The van der Waals surface area contributed by atoms with Crippen LogP contribution in [0.3, 0.4) is 0 Å². The first-order valence-corrected chi connectivity index (χ1v) is 6.13. The Morgan fingerprint density at radius 2 is 2.16 bits per heavy atom. The van der Waals surface area contributed by atoms with Gasteiger partial charge >= 0.3 is 5.69 Å². The standard InChI is InChI=1S/C13H16N2O4/c1-13(2)7-4-8-14(13)12(17)9-5-3-6-10(11(9)16)15(18)19/h3,5-6,16H,4,7-8H2,1-2H3. The monoisotopic (exact) mass is 264 g/mol. The van der Waals surface area contributed by atoms with Gasteiger partial charge in [0.25, 0.3) is 5.91 Å². The molecule has 0 atom stereocenters. The number of phenolic OH excluding ortho intramolecular Hbond substituents is 1. The molecule has 19 heavy (non-hydrogen) atoms. The van der Waals surface area contributed by atoms with Crippen LogP contribution in [0.1, 0.15) is 37.0 Å². The van der Waals surface area contributed by atoms with Crippen LogP contribution in [0, 0.1) is 10.1 Å². The number of hydrogen-bond donors (Lipinski definition) is 1. The van der Waals surface area contributed by atoms with E-state index in [-0.39, 0.29) is 17.0 Å². The van der Waals surface area contributed by atoms with Gasteiger partial charge in [0, 0.05) is 18.2 Å². The molecule has 6 nitrogen and oxygen atoms in total. The molecular weight excluding hydrogens is 248 g/mol. The number of benzene rings is 1. The van der Waals surface area contributed by atoms with Gasteiger partial charge in [-0.25, -0.2) is 0 Å². The Morgan fingerprint density at radius 3 is 2.68 bits per heavy atom. The summed E-state index contributed by atoms with van der Waals surface area (Å²) >= 11 is 0. The molecule has 6 heteroatoms. The van der Waals surface area contributed by atoms with E-state index in [0.717, 1.165) is 12.8 Å². The fourth-order valence-electron chi connectivity index (χ4n) is 2.48. The van der Waals surface area contributed by atoms with E-state index < -0.39 is 16.4 Å². The molecule has 1 heterocycles. The molecule has 1 N–H and O–H groups in total. The Labute approximate surface area is 110 Å². The van der Waals surface area contributed by atoms with Gasteiger partial charge in [0.1, 0.15) is 0 Å². The number of rotatable bonds is 2. The average molecular weight is 264 g/mol. The molecule has 0 radical (unpaired) electrons. The molecule has 0 bridgehead atoms. The minimum atomic E-state index is -0.693. The highest BCUT2D eigenvalue weighted by Crippen LogP contribution is 2.34. The highest BCUT2D eigenvalue weighted by molar-refractivity contribution is 5.98. The molecule has 1 aromatic rings. The Balaban J connectivity index is 2.40. The van der Waals surface area contributed by atoms with Crippen molar-refractivity contribution in [3.05, 3.63) is 33.9 Å². The minimum absolute atomic E-state index is 0.0100. The molecule has 0 aliphatic carbocycles. The largest absolute Gasteiger partial charge is 0.502 e. The Morgan fingerprint density at radius 1 is 1.47 bits per heavy atom. The molecule has 1 amide bonds. The summed E-state index contributed by atoms with van der Waals surface area (Å²) in [6.07, 6.45) is 1.78. The van der Waals surface area contributed by atoms with Crippen LogP contribution in [0.4, 0.5) is 5.69 Å². The van der Waals surface area contributed by atoms with Crippen molar-refractivity contribution in [2.75, 3.05) is 6.54 Å². The van der Waals surface area contributed by atoms with Crippen LogP contribution in [0.15, 0.2) is 18.2 Å². The van der Waals surface area contributed by atoms with Gasteiger partial charge in [-0.3, -0.25) is 14.9 Å². The quantitative estimate of drug-likeness (QED) is 0.656. The third-order valence-electron chi connectivity index (χ3n) is 3.59. The molecule has 1 aliphatic rings. The third kappa shape index (κ3) is 2.25. The lowest BCUT2D eigenvalue weighted by Gasteiger charge is -2.31. The smallest absolute Gasteiger partial charge is 0.311 e. The average Bonchev–Trinajstić information content (AvgIpc) is 2.68. The zero-order valence-electron chi connectivity index (χ0n) is 10.9. The van der Waals surface area contributed by atoms with Crippen molar-refractivity contribution in [2.45, 2.75) is 32.2 Å². The number of phenols is 1. The predicted molar refractivity (Wildman–Crippen MR) is 69.1 cm³/mol. The van der Waals surface area contributed by atoms with Crippen LogP contribution < -0.4 is 0 Å². The maximum Gasteiger partial charge on any atom is 0.311 e. The molecule has 1 saturated heterocycles. The molecule has 0 unspecified atom stereocenters. The van der Waals surface area contributed by atoms with E-state index in [0.29, 0.717) is 6.54 Å². The number of para-hydroxylation sites is 1. The number of nitrogens with zero attached hydrogens (tertiary/aromatic N) is 2. The normalized spacial score (nSPS) is 17.5. The number of carbonyl (C=O) groups is 1. The highest BCUT2D eigenvalue weighted by Gasteiger charge is 2.37. The number of nitro benzene ring substituents is 1. The molecule has 0 spiro atoms. The third-order valence-corrected chi connectivity index (χ3v) is 3.59. The van der Waals surface area contributed by atoms with Crippen LogP contribution in [0.25, 0.3) is 0 Å². The van der Waals surface area contributed by atoms with Crippen molar-refractivity contribution in [3.63, 3.8) is 0 Å². The summed E-state index contributed by atoms with van der Waals surface area (Å²) in [6.45, 7) is 4.51. The van der Waals surface area contributed by atoms with E-state index in [2.05, 4.69) is 0 Å². The maximum atomic E-state index is 12.4. The number of amides is 1. The van der Waals surface area contributed by atoms with Gasteiger partial charge in [-0.2, -0.15) is 0 Å². The summed E-state index contributed by atoms with van der Waals surface area (Å²) in [6, 6.07) is 4.01. The van der Waals surface area contributed by atoms with Crippen LogP contribution in [0.5, 0.6) is 5.75 Å². The van der Waals surface area contributed by atoms with Crippen LogP contribution in [0.2, 0.25) is 0 Å². The topological polar surface area (TPSA) is 83.7 Å². The van der Waals surface area contributed by atoms with Gasteiger partial charge in [-0.15, -0.1) is 0 Å². The molecule has 1 aromatic carbocycles. The van der Waals surface area contributed by atoms with Crippen LogP contribution in [-0.2, 0) is 0 Å². The van der Waals surface area contributed by atoms with Crippen molar-refractivity contribution < 1.29 is 14.8 Å². The van der Waals surface area contributed by atoms with Crippen LogP contribution >= 0.6 is 0 Å². The first kappa shape index (κ1) is 13.3. The first-order chi connectivity index (χ1) is 8.84. The van der Waals surface area contributed by atoms with E-state index in [1.165, 1.54) is 18.2 Å².